The maximum Gasteiger partial charge on any atom is 0.122 e. The van der Waals surface area contributed by atoms with Gasteiger partial charge in [0.05, 0.1) is 14.2 Å². The van der Waals surface area contributed by atoms with Crippen LogP contribution >= 0.6 is 0 Å². The minimum atomic E-state index is 0.559. The molecule has 3 heteroatoms. The van der Waals surface area contributed by atoms with Gasteiger partial charge in [0, 0.05) is 12.6 Å². The molecule has 0 aromatic heterocycles. The molecule has 0 saturated heterocycles. The van der Waals surface area contributed by atoms with Gasteiger partial charge in [-0.3, -0.25) is 0 Å². The lowest BCUT2D eigenvalue weighted by atomic mass is 10.1. The summed E-state index contributed by atoms with van der Waals surface area (Å²) < 4.78 is 10.8. The van der Waals surface area contributed by atoms with Crippen LogP contribution in [0.2, 0.25) is 0 Å². The van der Waals surface area contributed by atoms with Gasteiger partial charge in [-0.2, -0.15) is 0 Å². The molecular formula is C15H25NO2. The topological polar surface area (TPSA) is 21.7 Å². The maximum atomic E-state index is 5.44. The fraction of sp³-hybridized carbons (Fsp3) is 0.600. The Balaban J connectivity index is 2.86. The van der Waals surface area contributed by atoms with Crippen LogP contribution in [-0.2, 0) is 6.42 Å². The van der Waals surface area contributed by atoms with E-state index in [-0.39, 0.29) is 0 Å². The summed E-state index contributed by atoms with van der Waals surface area (Å²) in [7, 11) is 5.57. The number of rotatable bonds is 6. The summed E-state index contributed by atoms with van der Waals surface area (Å²) in [6.07, 6.45) is 0.967. The summed E-state index contributed by atoms with van der Waals surface area (Å²) in [5.74, 6) is 1.88. The summed E-state index contributed by atoms with van der Waals surface area (Å²) in [6.45, 7) is 7.45. The van der Waals surface area contributed by atoms with Crippen molar-refractivity contribution < 1.29 is 9.47 Å². The van der Waals surface area contributed by atoms with Crippen molar-refractivity contribution in [1.82, 2.24) is 4.90 Å². The Kier molecular flexibility index (Phi) is 5.48. The van der Waals surface area contributed by atoms with E-state index in [2.05, 4.69) is 31.9 Å². The number of hydrogen-bond acceptors (Lipinski definition) is 3. The van der Waals surface area contributed by atoms with E-state index in [4.69, 9.17) is 9.47 Å². The number of nitrogens with zero attached hydrogens (tertiary/aromatic N) is 1. The van der Waals surface area contributed by atoms with E-state index in [9.17, 15) is 0 Å². The Hall–Kier alpha value is -1.22. The molecule has 18 heavy (non-hydrogen) atoms. The minimum Gasteiger partial charge on any atom is -0.496 e. The number of methoxy groups -OCH3 is 2. The molecule has 0 amide bonds. The molecule has 1 aromatic carbocycles. The molecule has 0 fully saturated rings. The Morgan fingerprint density at radius 1 is 1.11 bits per heavy atom. The molecule has 0 spiro atoms. The first-order chi connectivity index (χ1) is 8.49. The molecule has 0 radical (unpaired) electrons. The first-order valence-corrected chi connectivity index (χ1v) is 6.41. The van der Waals surface area contributed by atoms with Gasteiger partial charge in [0.25, 0.3) is 0 Å². The fourth-order valence-corrected chi connectivity index (χ4v) is 1.86. The molecule has 3 nitrogen and oxygen atoms in total. The van der Waals surface area contributed by atoms with Crippen molar-refractivity contribution in [3.05, 3.63) is 23.3 Å². The molecule has 1 aromatic rings. The molecule has 102 valence electrons. The van der Waals surface area contributed by atoms with E-state index in [0.717, 1.165) is 30.0 Å². The summed E-state index contributed by atoms with van der Waals surface area (Å²) in [4.78, 5) is 2.33. The number of ether oxygens (including phenoxy) is 2. The van der Waals surface area contributed by atoms with Crippen LogP contribution in [0.15, 0.2) is 12.1 Å². The lowest BCUT2D eigenvalue weighted by Crippen LogP contribution is -2.28. The van der Waals surface area contributed by atoms with Crippen molar-refractivity contribution in [3.63, 3.8) is 0 Å². The van der Waals surface area contributed by atoms with Gasteiger partial charge >= 0.3 is 0 Å². The van der Waals surface area contributed by atoms with Crippen LogP contribution in [-0.4, -0.2) is 38.8 Å². The highest BCUT2D eigenvalue weighted by atomic mass is 16.5. The zero-order valence-electron chi connectivity index (χ0n) is 12.4. The Morgan fingerprint density at radius 3 is 2.22 bits per heavy atom. The lowest BCUT2D eigenvalue weighted by Gasteiger charge is -2.21. The highest BCUT2D eigenvalue weighted by molar-refractivity contribution is 5.46. The first kappa shape index (κ1) is 14.8. The molecule has 1 rings (SSSR count). The second kappa shape index (κ2) is 6.64. The molecular weight excluding hydrogens is 226 g/mol. The standard InChI is InChI=1S/C15H25NO2/c1-11(2)16(4)8-7-13-10-14(17-5)12(3)9-15(13)18-6/h9-11H,7-8H2,1-6H3. The summed E-state index contributed by atoms with van der Waals surface area (Å²) in [5, 5.41) is 0. The Labute approximate surface area is 111 Å². The van der Waals surface area contributed by atoms with Crippen LogP contribution in [0, 0.1) is 6.92 Å². The maximum absolute atomic E-state index is 5.44. The zero-order valence-corrected chi connectivity index (χ0v) is 12.4. The third-order valence-corrected chi connectivity index (χ3v) is 3.41. The largest absolute Gasteiger partial charge is 0.496 e. The fourth-order valence-electron chi connectivity index (χ4n) is 1.86. The molecule has 0 aliphatic heterocycles. The summed E-state index contributed by atoms with van der Waals surface area (Å²) in [6, 6.07) is 4.69. The van der Waals surface area contributed by atoms with Crippen molar-refractivity contribution in [2.75, 3.05) is 27.8 Å². The van der Waals surface area contributed by atoms with Crippen molar-refractivity contribution in [2.45, 2.75) is 33.2 Å². The molecule has 0 heterocycles. The van der Waals surface area contributed by atoms with Gasteiger partial charge in [0.15, 0.2) is 0 Å². The second-order valence-electron chi connectivity index (χ2n) is 4.96. The highest BCUT2D eigenvalue weighted by Gasteiger charge is 2.10. The van der Waals surface area contributed by atoms with Gasteiger partial charge in [0.1, 0.15) is 11.5 Å². The van der Waals surface area contributed by atoms with Crippen LogP contribution in [0.4, 0.5) is 0 Å². The van der Waals surface area contributed by atoms with Gasteiger partial charge in [0.2, 0.25) is 0 Å². The molecule has 0 N–H and O–H groups in total. The summed E-state index contributed by atoms with van der Waals surface area (Å²) >= 11 is 0. The highest BCUT2D eigenvalue weighted by Crippen LogP contribution is 2.28. The number of hydrogen-bond donors (Lipinski definition) is 0. The molecule has 0 saturated carbocycles. The predicted octanol–water partition coefficient (Wildman–Crippen LogP) is 2.89. The third kappa shape index (κ3) is 3.64. The molecule has 0 aliphatic carbocycles. The molecule has 0 bridgehead atoms. The molecule has 0 unspecified atom stereocenters. The third-order valence-electron chi connectivity index (χ3n) is 3.41. The zero-order chi connectivity index (χ0) is 13.7. The van der Waals surface area contributed by atoms with E-state index in [0.29, 0.717) is 6.04 Å². The van der Waals surface area contributed by atoms with Crippen molar-refractivity contribution >= 4 is 0 Å². The average Bonchev–Trinajstić information content (AvgIpc) is 2.36. The molecule has 0 atom stereocenters. The average molecular weight is 251 g/mol. The number of likely N-dealkylation sites (N-methyl/N-ethyl adjacent to an activating group) is 1. The van der Waals surface area contributed by atoms with Crippen molar-refractivity contribution in [2.24, 2.45) is 0 Å². The lowest BCUT2D eigenvalue weighted by molar-refractivity contribution is 0.276. The Bertz CT molecular complexity index is 388. The van der Waals surface area contributed by atoms with E-state index >= 15 is 0 Å². The number of benzene rings is 1. The number of aryl methyl sites for hydroxylation is 1. The van der Waals surface area contributed by atoms with Gasteiger partial charge in [-0.1, -0.05) is 0 Å². The second-order valence-corrected chi connectivity index (χ2v) is 4.96. The quantitative estimate of drug-likeness (QED) is 0.776. The summed E-state index contributed by atoms with van der Waals surface area (Å²) in [5.41, 5.74) is 2.31. The van der Waals surface area contributed by atoms with Gasteiger partial charge < -0.3 is 14.4 Å². The van der Waals surface area contributed by atoms with E-state index in [1.54, 1.807) is 14.2 Å². The van der Waals surface area contributed by atoms with Gasteiger partial charge in [-0.05, 0) is 57.5 Å². The molecule has 0 aliphatic rings. The van der Waals surface area contributed by atoms with Crippen LogP contribution in [0.5, 0.6) is 11.5 Å². The first-order valence-electron chi connectivity index (χ1n) is 6.41. The van der Waals surface area contributed by atoms with Crippen LogP contribution in [0.25, 0.3) is 0 Å². The van der Waals surface area contributed by atoms with E-state index < -0.39 is 0 Å². The smallest absolute Gasteiger partial charge is 0.122 e. The van der Waals surface area contributed by atoms with E-state index in [1.807, 2.05) is 13.0 Å². The van der Waals surface area contributed by atoms with Crippen LogP contribution in [0.3, 0.4) is 0 Å². The Morgan fingerprint density at radius 2 is 1.72 bits per heavy atom. The SMILES string of the molecule is COc1cc(CCN(C)C(C)C)c(OC)cc1C. The van der Waals surface area contributed by atoms with Gasteiger partial charge in [-0.25, -0.2) is 0 Å². The normalized spacial score (nSPS) is 11.1. The monoisotopic (exact) mass is 251 g/mol. The van der Waals surface area contributed by atoms with Crippen molar-refractivity contribution in [3.8, 4) is 11.5 Å². The van der Waals surface area contributed by atoms with Crippen LogP contribution in [0.1, 0.15) is 25.0 Å². The van der Waals surface area contributed by atoms with Gasteiger partial charge in [-0.15, -0.1) is 0 Å². The van der Waals surface area contributed by atoms with Crippen molar-refractivity contribution in [1.29, 1.82) is 0 Å². The minimum absolute atomic E-state index is 0.559. The predicted molar refractivity (Wildman–Crippen MR) is 75.8 cm³/mol. The van der Waals surface area contributed by atoms with E-state index in [1.165, 1.54) is 5.56 Å². The van der Waals surface area contributed by atoms with Crippen LogP contribution < -0.4 is 9.47 Å².